The third kappa shape index (κ3) is 8.68. The number of ether oxygens (including phenoxy) is 1. The highest BCUT2D eigenvalue weighted by molar-refractivity contribution is 7.14. The number of rotatable bonds is 5. The first kappa shape index (κ1) is 14.7. The monoisotopic (exact) mass is 233 g/mol. The average Bonchev–Trinajstić information content (AvgIpc) is 2.09. The van der Waals surface area contributed by atoms with Crippen LogP contribution in [-0.2, 0) is 4.74 Å². The van der Waals surface area contributed by atoms with Crippen molar-refractivity contribution in [1.82, 2.24) is 4.67 Å². The first-order valence-electron chi connectivity index (χ1n) is 5.62. The molecule has 1 unspecified atom stereocenters. The summed E-state index contributed by atoms with van der Waals surface area (Å²) >= 11 is 0. The fourth-order valence-electron chi connectivity index (χ4n) is 1.12. The number of hydrogen-bond acceptors (Lipinski definition) is 2. The fraction of sp³-hybridized carbons (Fsp3) is 0.909. The molecule has 0 saturated carbocycles. The predicted octanol–water partition coefficient (Wildman–Crippen LogP) is 3.59. The molecule has 0 fully saturated rings. The van der Waals surface area contributed by atoms with Crippen molar-refractivity contribution in [3.05, 3.63) is 0 Å². The number of amides is 1. The first-order valence-corrected chi connectivity index (χ1v) is 6.13. The van der Waals surface area contributed by atoms with E-state index in [9.17, 15) is 4.79 Å². The Morgan fingerprint density at radius 1 is 1.27 bits per heavy atom. The van der Waals surface area contributed by atoms with Crippen LogP contribution in [0.2, 0.25) is 0 Å². The van der Waals surface area contributed by atoms with Crippen molar-refractivity contribution in [3.8, 4) is 0 Å². The van der Waals surface area contributed by atoms with Gasteiger partial charge in [-0.05, 0) is 36.6 Å². The lowest BCUT2D eigenvalue weighted by molar-refractivity contribution is 0.0401. The molecule has 0 bridgehead atoms. The van der Waals surface area contributed by atoms with E-state index < -0.39 is 5.60 Å². The Kier molecular flexibility index (Phi) is 6.91. The van der Waals surface area contributed by atoms with Gasteiger partial charge >= 0.3 is 6.09 Å². The molecule has 15 heavy (non-hydrogen) atoms. The molecule has 0 heterocycles. The van der Waals surface area contributed by atoms with Gasteiger partial charge in [-0.15, -0.1) is 0 Å². The van der Waals surface area contributed by atoms with Crippen molar-refractivity contribution >= 4 is 15.5 Å². The van der Waals surface area contributed by atoms with E-state index in [2.05, 4.69) is 16.3 Å². The Balaban J connectivity index is 3.70. The van der Waals surface area contributed by atoms with Crippen LogP contribution in [0.15, 0.2) is 0 Å². The molecule has 0 aromatic heterocycles. The molecule has 0 spiro atoms. The van der Waals surface area contributed by atoms with Crippen molar-refractivity contribution < 1.29 is 9.53 Å². The SMILES string of the molecule is CCCCCCN(P)C(=O)OC(C)(C)C. The van der Waals surface area contributed by atoms with Crippen LogP contribution < -0.4 is 0 Å². The Morgan fingerprint density at radius 2 is 1.87 bits per heavy atom. The zero-order valence-electron chi connectivity index (χ0n) is 10.4. The molecule has 0 aliphatic heterocycles. The summed E-state index contributed by atoms with van der Waals surface area (Å²) in [5.74, 6) is 0. The summed E-state index contributed by atoms with van der Waals surface area (Å²) in [6, 6.07) is 0. The molecular weight excluding hydrogens is 209 g/mol. The predicted molar refractivity (Wildman–Crippen MR) is 66.8 cm³/mol. The lowest BCUT2D eigenvalue weighted by Gasteiger charge is -2.24. The fourth-order valence-corrected chi connectivity index (χ4v) is 1.36. The second kappa shape index (κ2) is 7.05. The summed E-state index contributed by atoms with van der Waals surface area (Å²) in [6.07, 6.45) is 4.39. The minimum Gasteiger partial charge on any atom is -0.444 e. The van der Waals surface area contributed by atoms with Gasteiger partial charge in [-0.2, -0.15) is 0 Å². The molecule has 0 aromatic rings. The number of nitrogens with zero attached hydrogens (tertiary/aromatic N) is 1. The molecule has 3 nitrogen and oxygen atoms in total. The molecule has 4 heteroatoms. The Morgan fingerprint density at radius 3 is 2.33 bits per heavy atom. The summed E-state index contributed by atoms with van der Waals surface area (Å²) in [5, 5.41) is 0. The average molecular weight is 233 g/mol. The molecule has 0 radical (unpaired) electrons. The van der Waals surface area contributed by atoms with Crippen LogP contribution in [0.1, 0.15) is 53.4 Å². The van der Waals surface area contributed by atoms with Crippen molar-refractivity contribution in [2.45, 2.75) is 59.0 Å². The molecule has 1 amide bonds. The minimum absolute atomic E-state index is 0.260. The van der Waals surface area contributed by atoms with Crippen LogP contribution in [-0.4, -0.2) is 22.9 Å². The molecule has 0 N–H and O–H groups in total. The maximum absolute atomic E-state index is 11.5. The molecule has 0 aliphatic rings. The summed E-state index contributed by atoms with van der Waals surface area (Å²) in [7, 11) is 2.42. The van der Waals surface area contributed by atoms with Gasteiger partial charge in [0.2, 0.25) is 0 Å². The summed E-state index contributed by atoms with van der Waals surface area (Å²) in [5.41, 5.74) is -0.407. The summed E-state index contributed by atoms with van der Waals surface area (Å²) in [6.45, 7) is 8.55. The van der Waals surface area contributed by atoms with Crippen LogP contribution in [0.5, 0.6) is 0 Å². The maximum atomic E-state index is 11.5. The van der Waals surface area contributed by atoms with Crippen LogP contribution in [0.25, 0.3) is 0 Å². The highest BCUT2D eigenvalue weighted by Gasteiger charge is 2.18. The standard InChI is InChI=1S/C11H24NO2P/c1-5-6-7-8-9-12(15)10(13)14-11(2,3)4/h5-9,15H2,1-4H3. The highest BCUT2D eigenvalue weighted by Crippen LogP contribution is 2.13. The van der Waals surface area contributed by atoms with Gasteiger partial charge in [-0.25, -0.2) is 4.79 Å². The van der Waals surface area contributed by atoms with E-state index >= 15 is 0 Å². The molecule has 1 atom stereocenters. The van der Waals surface area contributed by atoms with Gasteiger partial charge in [-0.1, -0.05) is 26.2 Å². The lowest BCUT2D eigenvalue weighted by atomic mass is 10.2. The van der Waals surface area contributed by atoms with Crippen molar-refractivity contribution in [1.29, 1.82) is 0 Å². The largest absolute Gasteiger partial charge is 0.444 e. The van der Waals surface area contributed by atoms with Crippen LogP contribution >= 0.6 is 9.39 Å². The molecule has 0 saturated heterocycles. The van der Waals surface area contributed by atoms with Gasteiger partial charge < -0.3 is 4.74 Å². The second-order valence-electron chi connectivity index (χ2n) is 4.73. The molecule has 90 valence electrons. The maximum Gasteiger partial charge on any atom is 0.413 e. The zero-order valence-corrected chi connectivity index (χ0v) is 11.5. The normalized spacial score (nSPS) is 11.3. The van der Waals surface area contributed by atoms with Gasteiger partial charge in [-0.3, -0.25) is 4.67 Å². The van der Waals surface area contributed by atoms with E-state index in [1.165, 1.54) is 19.3 Å². The number of unbranched alkanes of at least 4 members (excludes halogenated alkanes) is 3. The lowest BCUT2D eigenvalue weighted by Crippen LogP contribution is -2.31. The van der Waals surface area contributed by atoms with Gasteiger partial charge in [0, 0.05) is 6.54 Å². The molecular formula is C11H24NO2P. The van der Waals surface area contributed by atoms with E-state index in [1.54, 1.807) is 4.67 Å². The summed E-state index contributed by atoms with van der Waals surface area (Å²) < 4.78 is 6.79. The quantitative estimate of drug-likeness (QED) is 0.536. The third-order valence-corrected chi connectivity index (χ3v) is 2.35. The zero-order chi connectivity index (χ0) is 11.9. The van der Waals surface area contributed by atoms with E-state index in [1.807, 2.05) is 20.8 Å². The van der Waals surface area contributed by atoms with Crippen molar-refractivity contribution in [2.75, 3.05) is 6.54 Å². The van der Waals surface area contributed by atoms with Crippen LogP contribution in [0, 0.1) is 0 Å². The van der Waals surface area contributed by atoms with E-state index in [-0.39, 0.29) is 6.09 Å². The number of hydrogen-bond donors (Lipinski definition) is 0. The topological polar surface area (TPSA) is 29.5 Å². The van der Waals surface area contributed by atoms with Crippen molar-refractivity contribution in [3.63, 3.8) is 0 Å². The van der Waals surface area contributed by atoms with E-state index in [0.29, 0.717) is 0 Å². The van der Waals surface area contributed by atoms with E-state index in [0.717, 1.165) is 13.0 Å². The van der Waals surface area contributed by atoms with Crippen LogP contribution in [0.3, 0.4) is 0 Å². The van der Waals surface area contributed by atoms with Crippen LogP contribution in [0.4, 0.5) is 4.79 Å². The molecule has 0 aromatic carbocycles. The van der Waals surface area contributed by atoms with Gasteiger partial charge in [0.15, 0.2) is 0 Å². The van der Waals surface area contributed by atoms with E-state index in [4.69, 9.17) is 4.74 Å². The second-order valence-corrected chi connectivity index (χ2v) is 5.36. The number of carbonyl (C=O) groups excluding carboxylic acids is 1. The smallest absolute Gasteiger partial charge is 0.413 e. The highest BCUT2D eigenvalue weighted by atomic mass is 31.0. The van der Waals surface area contributed by atoms with Gasteiger partial charge in [0.1, 0.15) is 5.60 Å². The summed E-state index contributed by atoms with van der Waals surface area (Å²) in [4.78, 5) is 11.5. The van der Waals surface area contributed by atoms with Crippen molar-refractivity contribution in [2.24, 2.45) is 0 Å². The Bertz CT molecular complexity index is 190. The van der Waals surface area contributed by atoms with Gasteiger partial charge in [0.05, 0.1) is 0 Å². The Hall–Kier alpha value is -0.300. The molecule has 0 aliphatic carbocycles. The number of carbonyl (C=O) groups is 1. The third-order valence-electron chi connectivity index (χ3n) is 1.88. The van der Waals surface area contributed by atoms with Gasteiger partial charge in [0.25, 0.3) is 0 Å². The first-order chi connectivity index (χ1) is 6.87. The Labute approximate surface area is 95.8 Å². The minimum atomic E-state index is -0.407. The molecule has 0 rings (SSSR count).